The standard InChI is InChI=1S/C15H28N2O3.ClH/c1-2-19-8-6-15(4-3-5-15)12-17-14(18)10-13-11-20-9-7-16-13;/h13,16H,2-12H2,1H3,(H,17,18);1H. The monoisotopic (exact) mass is 320 g/mol. The van der Waals surface area contributed by atoms with E-state index in [0.29, 0.717) is 18.4 Å². The van der Waals surface area contributed by atoms with Gasteiger partial charge in [0.25, 0.3) is 0 Å². The van der Waals surface area contributed by atoms with Crippen molar-refractivity contribution in [3.05, 3.63) is 0 Å². The molecule has 0 aromatic rings. The minimum atomic E-state index is 0. The van der Waals surface area contributed by atoms with Crippen molar-refractivity contribution in [2.45, 2.75) is 45.1 Å². The van der Waals surface area contributed by atoms with Crippen molar-refractivity contribution in [2.24, 2.45) is 5.41 Å². The van der Waals surface area contributed by atoms with E-state index in [1.165, 1.54) is 19.3 Å². The maximum absolute atomic E-state index is 12.0. The van der Waals surface area contributed by atoms with Gasteiger partial charge in [-0.1, -0.05) is 6.42 Å². The largest absolute Gasteiger partial charge is 0.382 e. The van der Waals surface area contributed by atoms with Crippen LogP contribution in [0, 0.1) is 5.41 Å². The first kappa shape index (κ1) is 18.7. The number of halogens is 1. The van der Waals surface area contributed by atoms with Crippen LogP contribution in [-0.2, 0) is 14.3 Å². The molecular formula is C15H29ClN2O3. The van der Waals surface area contributed by atoms with Crippen LogP contribution in [0.1, 0.15) is 39.0 Å². The Morgan fingerprint density at radius 1 is 1.48 bits per heavy atom. The number of hydrogen-bond acceptors (Lipinski definition) is 4. The number of morpholine rings is 1. The molecule has 0 radical (unpaired) electrons. The fourth-order valence-corrected chi connectivity index (χ4v) is 2.96. The predicted molar refractivity (Wildman–Crippen MR) is 84.9 cm³/mol. The van der Waals surface area contributed by atoms with Gasteiger partial charge in [-0.3, -0.25) is 4.79 Å². The Balaban J connectivity index is 0.00000220. The summed E-state index contributed by atoms with van der Waals surface area (Å²) in [4.78, 5) is 12.0. The smallest absolute Gasteiger partial charge is 0.221 e. The quantitative estimate of drug-likeness (QED) is 0.665. The second-order valence-electron chi connectivity index (χ2n) is 6.01. The van der Waals surface area contributed by atoms with Crippen molar-refractivity contribution in [3.8, 4) is 0 Å². The van der Waals surface area contributed by atoms with Crippen LogP contribution >= 0.6 is 12.4 Å². The highest BCUT2D eigenvalue weighted by atomic mass is 35.5. The fraction of sp³-hybridized carbons (Fsp3) is 0.933. The van der Waals surface area contributed by atoms with Crippen molar-refractivity contribution < 1.29 is 14.3 Å². The summed E-state index contributed by atoms with van der Waals surface area (Å²) in [6, 6.07) is 0.171. The number of amides is 1. The Morgan fingerprint density at radius 3 is 2.86 bits per heavy atom. The van der Waals surface area contributed by atoms with Crippen LogP contribution in [0.25, 0.3) is 0 Å². The normalized spacial score (nSPS) is 23.8. The van der Waals surface area contributed by atoms with Gasteiger partial charge in [0.2, 0.25) is 5.91 Å². The van der Waals surface area contributed by atoms with E-state index in [4.69, 9.17) is 9.47 Å². The van der Waals surface area contributed by atoms with Crippen molar-refractivity contribution in [3.63, 3.8) is 0 Å². The van der Waals surface area contributed by atoms with Gasteiger partial charge in [0.1, 0.15) is 0 Å². The van der Waals surface area contributed by atoms with Gasteiger partial charge in [-0.2, -0.15) is 0 Å². The van der Waals surface area contributed by atoms with Crippen molar-refractivity contribution in [1.82, 2.24) is 10.6 Å². The van der Waals surface area contributed by atoms with Gasteiger partial charge in [-0.25, -0.2) is 0 Å². The van der Waals surface area contributed by atoms with Crippen LogP contribution < -0.4 is 10.6 Å². The van der Waals surface area contributed by atoms with E-state index in [2.05, 4.69) is 10.6 Å². The first-order chi connectivity index (χ1) is 9.74. The molecule has 1 heterocycles. The van der Waals surface area contributed by atoms with E-state index in [0.717, 1.165) is 39.3 Å². The van der Waals surface area contributed by atoms with Gasteiger partial charge in [0, 0.05) is 38.8 Å². The zero-order valence-corrected chi connectivity index (χ0v) is 13.8. The lowest BCUT2D eigenvalue weighted by molar-refractivity contribution is -0.123. The fourth-order valence-electron chi connectivity index (χ4n) is 2.96. The molecular weight excluding hydrogens is 292 g/mol. The van der Waals surface area contributed by atoms with Gasteiger partial charge in [-0.05, 0) is 31.6 Å². The molecule has 1 aliphatic carbocycles. The maximum atomic E-state index is 12.0. The molecule has 6 heteroatoms. The third kappa shape index (κ3) is 6.10. The summed E-state index contributed by atoms with van der Waals surface area (Å²) in [5.41, 5.74) is 0.293. The van der Waals surface area contributed by atoms with E-state index in [1.807, 2.05) is 6.92 Å². The van der Waals surface area contributed by atoms with E-state index in [-0.39, 0.29) is 24.4 Å². The SMILES string of the molecule is CCOCCC1(CNC(=O)CC2COCCN2)CCC1.Cl. The maximum Gasteiger partial charge on any atom is 0.221 e. The molecule has 2 aliphatic rings. The van der Waals surface area contributed by atoms with Crippen LogP contribution in [0.15, 0.2) is 0 Å². The van der Waals surface area contributed by atoms with Crippen LogP contribution in [0.2, 0.25) is 0 Å². The van der Waals surface area contributed by atoms with Crippen LogP contribution in [0.4, 0.5) is 0 Å². The van der Waals surface area contributed by atoms with E-state index in [1.54, 1.807) is 0 Å². The average molecular weight is 321 g/mol. The molecule has 0 aromatic heterocycles. The van der Waals surface area contributed by atoms with Crippen LogP contribution in [0.3, 0.4) is 0 Å². The van der Waals surface area contributed by atoms with Gasteiger partial charge in [0.05, 0.1) is 13.2 Å². The topological polar surface area (TPSA) is 59.6 Å². The Morgan fingerprint density at radius 2 is 2.29 bits per heavy atom. The third-order valence-corrected chi connectivity index (χ3v) is 4.49. The summed E-state index contributed by atoms with van der Waals surface area (Å²) in [6.45, 7) is 6.64. The summed E-state index contributed by atoms with van der Waals surface area (Å²) in [6.07, 6.45) is 5.28. The molecule has 21 heavy (non-hydrogen) atoms. The summed E-state index contributed by atoms with van der Waals surface area (Å²) < 4.78 is 10.8. The summed E-state index contributed by atoms with van der Waals surface area (Å²) >= 11 is 0. The van der Waals surface area contributed by atoms with Gasteiger partial charge >= 0.3 is 0 Å². The zero-order valence-electron chi connectivity index (χ0n) is 13.0. The molecule has 2 rings (SSSR count). The van der Waals surface area contributed by atoms with E-state index >= 15 is 0 Å². The number of rotatable bonds is 8. The molecule has 1 saturated carbocycles. The zero-order chi connectivity index (χ0) is 14.3. The molecule has 1 amide bonds. The lowest BCUT2D eigenvalue weighted by Crippen LogP contribution is -2.47. The van der Waals surface area contributed by atoms with Crippen molar-refractivity contribution in [2.75, 3.05) is 39.5 Å². The van der Waals surface area contributed by atoms with Crippen molar-refractivity contribution >= 4 is 18.3 Å². The summed E-state index contributed by atoms with van der Waals surface area (Å²) in [5, 5.41) is 6.42. The molecule has 1 unspecified atom stereocenters. The first-order valence-corrected chi connectivity index (χ1v) is 7.90. The molecule has 0 aromatic carbocycles. The Labute approximate surface area is 133 Å². The lowest BCUT2D eigenvalue weighted by Gasteiger charge is -2.42. The molecule has 124 valence electrons. The molecule has 1 atom stereocenters. The number of carbonyl (C=O) groups is 1. The van der Waals surface area contributed by atoms with Crippen molar-refractivity contribution in [1.29, 1.82) is 0 Å². The number of carbonyl (C=O) groups excluding carboxylic acids is 1. The second kappa shape index (κ2) is 9.62. The average Bonchev–Trinajstić information content (AvgIpc) is 2.42. The highest BCUT2D eigenvalue weighted by molar-refractivity contribution is 5.85. The summed E-state index contributed by atoms with van der Waals surface area (Å²) in [5.74, 6) is 0.135. The third-order valence-electron chi connectivity index (χ3n) is 4.49. The molecule has 2 N–H and O–H groups in total. The number of nitrogens with one attached hydrogen (secondary N) is 2. The highest BCUT2D eigenvalue weighted by Gasteiger charge is 2.36. The first-order valence-electron chi connectivity index (χ1n) is 7.90. The lowest BCUT2D eigenvalue weighted by atomic mass is 9.66. The minimum absolute atomic E-state index is 0. The second-order valence-corrected chi connectivity index (χ2v) is 6.01. The van der Waals surface area contributed by atoms with Gasteiger partial charge in [0.15, 0.2) is 0 Å². The molecule has 1 aliphatic heterocycles. The minimum Gasteiger partial charge on any atom is -0.382 e. The number of ether oxygens (including phenoxy) is 2. The summed E-state index contributed by atoms with van der Waals surface area (Å²) in [7, 11) is 0. The molecule has 2 fully saturated rings. The Kier molecular flexibility index (Phi) is 8.56. The Hall–Kier alpha value is -0.360. The molecule has 0 bridgehead atoms. The Bertz CT molecular complexity index is 305. The molecule has 5 nitrogen and oxygen atoms in total. The van der Waals surface area contributed by atoms with E-state index in [9.17, 15) is 4.79 Å². The van der Waals surface area contributed by atoms with Gasteiger partial charge < -0.3 is 20.1 Å². The predicted octanol–water partition coefficient (Wildman–Crippen LogP) is 1.50. The van der Waals surface area contributed by atoms with E-state index < -0.39 is 0 Å². The highest BCUT2D eigenvalue weighted by Crippen LogP contribution is 2.43. The number of hydrogen-bond donors (Lipinski definition) is 2. The van der Waals surface area contributed by atoms with Crippen LogP contribution in [0.5, 0.6) is 0 Å². The molecule has 0 spiro atoms. The van der Waals surface area contributed by atoms with Crippen LogP contribution in [-0.4, -0.2) is 51.5 Å². The van der Waals surface area contributed by atoms with Gasteiger partial charge in [-0.15, -0.1) is 12.4 Å². The molecule has 1 saturated heterocycles.